The number of anilines is 1. The van der Waals surface area contributed by atoms with Crippen LogP contribution in [0.5, 0.6) is 0 Å². The molecule has 0 aliphatic carbocycles. The minimum atomic E-state index is -1.19. The number of nitro benzene ring substituents is 1. The van der Waals surface area contributed by atoms with Crippen molar-refractivity contribution in [2.24, 2.45) is 0 Å². The fourth-order valence-electron chi connectivity index (χ4n) is 2.26. The number of nitro groups is 1. The normalized spacial score (nSPS) is 11.4. The molecule has 0 heterocycles. The summed E-state index contributed by atoms with van der Waals surface area (Å²) in [5, 5.41) is 13.8. The van der Waals surface area contributed by atoms with Gasteiger partial charge in [-0.15, -0.1) is 0 Å². The number of amides is 1. The van der Waals surface area contributed by atoms with Crippen molar-refractivity contribution in [2.45, 2.75) is 25.9 Å². The van der Waals surface area contributed by atoms with Crippen LogP contribution in [0.2, 0.25) is 10.0 Å². The maximum absolute atomic E-state index is 12.2. The summed E-state index contributed by atoms with van der Waals surface area (Å²) in [6, 6.07) is 9.80. The molecule has 1 N–H and O–H groups in total. The van der Waals surface area contributed by atoms with Crippen LogP contribution < -0.4 is 5.32 Å². The summed E-state index contributed by atoms with van der Waals surface area (Å²) in [4.78, 5) is 46.3. The molecule has 0 bridgehead atoms. The standard InChI is InChI=1S/C19H16Cl2N2O6/c1-11(19(26)22-16-10-14(23(27)28)6-7-15(16)21)29-18(25)9-8-17(24)12-2-4-13(20)5-3-12/h2-7,10-11H,8-9H2,1H3,(H,22,26)/t11-/m1/s1. The first-order valence-corrected chi connectivity index (χ1v) is 9.16. The summed E-state index contributed by atoms with van der Waals surface area (Å²) in [6.07, 6.45) is -1.49. The molecule has 0 fully saturated rings. The van der Waals surface area contributed by atoms with Crippen LogP contribution in [0.1, 0.15) is 30.1 Å². The van der Waals surface area contributed by atoms with Crippen molar-refractivity contribution in [3.05, 3.63) is 68.2 Å². The maximum atomic E-state index is 12.2. The predicted molar refractivity (Wildman–Crippen MR) is 107 cm³/mol. The minimum absolute atomic E-state index is 0.0201. The predicted octanol–water partition coefficient (Wildman–Crippen LogP) is 4.43. The number of nitrogens with zero attached hydrogens (tertiary/aromatic N) is 1. The highest BCUT2D eigenvalue weighted by Crippen LogP contribution is 2.27. The molecular formula is C19H16Cl2N2O6. The van der Waals surface area contributed by atoms with Gasteiger partial charge in [0.2, 0.25) is 0 Å². The van der Waals surface area contributed by atoms with Crippen molar-refractivity contribution >= 4 is 52.2 Å². The Morgan fingerprint density at radius 2 is 1.76 bits per heavy atom. The third-order valence-corrected chi connectivity index (χ3v) is 4.40. The Kier molecular flexibility index (Phi) is 7.69. The molecule has 0 aliphatic heterocycles. The summed E-state index contributed by atoms with van der Waals surface area (Å²) in [6.45, 7) is 1.33. The van der Waals surface area contributed by atoms with E-state index in [1.165, 1.54) is 19.1 Å². The Balaban J connectivity index is 1.88. The number of carbonyl (C=O) groups is 3. The Labute approximate surface area is 175 Å². The summed E-state index contributed by atoms with van der Waals surface area (Å²) in [7, 11) is 0. The Morgan fingerprint density at radius 1 is 1.10 bits per heavy atom. The third kappa shape index (κ3) is 6.55. The molecule has 1 atom stereocenters. The lowest BCUT2D eigenvalue weighted by Crippen LogP contribution is -2.30. The molecule has 10 heteroatoms. The van der Waals surface area contributed by atoms with Crippen LogP contribution in [-0.2, 0) is 14.3 Å². The fourth-order valence-corrected chi connectivity index (χ4v) is 2.55. The van der Waals surface area contributed by atoms with E-state index in [9.17, 15) is 24.5 Å². The van der Waals surface area contributed by atoms with Crippen LogP contribution in [0.15, 0.2) is 42.5 Å². The SMILES string of the molecule is C[C@@H](OC(=O)CCC(=O)c1ccc(Cl)cc1)C(=O)Nc1cc([N+](=O)[O-])ccc1Cl. The molecule has 152 valence electrons. The highest BCUT2D eigenvalue weighted by atomic mass is 35.5. The number of Topliss-reactive ketones (excluding diaryl/α,β-unsaturated/α-hetero) is 1. The lowest BCUT2D eigenvalue weighted by Gasteiger charge is -2.14. The molecular weight excluding hydrogens is 423 g/mol. The molecule has 0 radical (unpaired) electrons. The summed E-state index contributed by atoms with van der Waals surface area (Å²) < 4.78 is 5.01. The van der Waals surface area contributed by atoms with Crippen LogP contribution in [-0.4, -0.2) is 28.7 Å². The van der Waals surface area contributed by atoms with E-state index >= 15 is 0 Å². The fraction of sp³-hybridized carbons (Fsp3) is 0.211. The molecule has 1 amide bonds. The molecule has 0 saturated carbocycles. The second-order valence-electron chi connectivity index (χ2n) is 5.97. The topological polar surface area (TPSA) is 116 Å². The van der Waals surface area contributed by atoms with Crippen molar-refractivity contribution in [1.29, 1.82) is 0 Å². The van der Waals surface area contributed by atoms with Gasteiger partial charge < -0.3 is 10.1 Å². The van der Waals surface area contributed by atoms with E-state index in [0.717, 1.165) is 6.07 Å². The van der Waals surface area contributed by atoms with Crippen LogP contribution >= 0.6 is 23.2 Å². The molecule has 8 nitrogen and oxygen atoms in total. The number of benzene rings is 2. The van der Waals surface area contributed by atoms with Crippen molar-refractivity contribution in [2.75, 3.05) is 5.32 Å². The van der Waals surface area contributed by atoms with E-state index < -0.39 is 22.9 Å². The largest absolute Gasteiger partial charge is 0.453 e. The lowest BCUT2D eigenvalue weighted by molar-refractivity contribution is -0.384. The average molecular weight is 439 g/mol. The van der Waals surface area contributed by atoms with Crippen LogP contribution in [0, 0.1) is 10.1 Å². The van der Waals surface area contributed by atoms with Gasteiger partial charge in [-0.3, -0.25) is 24.5 Å². The van der Waals surface area contributed by atoms with Crippen LogP contribution in [0.4, 0.5) is 11.4 Å². The summed E-state index contributed by atoms with van der Waals surface area (Å²) >= 11 is 11.7. The Hall–Kier alpha value is -2.97. The number of hydrogen-bond acceptors (Lipinski definition) is 6. The Morgan fingerprint density at radius 3 is 2.38 bits per heavy atom. The minimum Gasteiger partial charge on any atom is -0.453 e. The first kappa shape index (κ1) is 22.3. The van der Waals surface area contributed by atoms with E-state index in [1.807, 2.05) is 0 Å². The molecule has 2 aromatic rings. The maximum Gasteiger partial charge on any atom is 0.307 e. The molecule has 0 unspecified atom stereocenters. The van der Waals surface area contributed by atoms with Gasteiger partial charge in [0.15, 0.2) is 11.9 Å². The van der Waals surface area contributed by atoms with Gasteiger partial charge in [-0.25, -0.2) is 0 Å². The monoisotopic (exact) mass is 438 g/mol. The van der Waals surface area contributed by atoms with Crippen molar-refractivity contribution in [1.82, 2.24) is 0 Å². The second-order valence-corrected chi connectivity index (χ2v) is 6.82. The smallest absolute Gasteiger partial charge is 0.307 e. The number of rotatable bonds is 8. The average Bonchev–Trinajstić information content (AvgIpc) is 2.68. The van der Waals surface area contributed by atoms with Crippen LogP contribution in [0.25, 0.3) is 0 Å². The molecule has 0 aromatic heterocycles. The molecule has 0 spiro atoms. The van der Waals surface area contributed by atoms with Gasteiger partial charge in [0, 0.05) is 29.1 Å². The molecule has 29 heavy (non-hydrogen) atoms. The van der Waals surface area contributed by atoms with Gasteiger partial charge in [0.05, 0.1) is 22.1 Å². The number of carbonyl (C=O) groups excluding carboxylic acids is 3. The van der Waals surface area contributed by atoms with Crippen molar-refractivity contribution < 1.29 is 24.0 Å². The van der Waals surface area contributed by atoms with Gasteiger partial charge in [-0.1, -0.05) is 23.2 Å². The molecule has 0 saturated heterocycles. The molecule has 2 rings (SSSR count). The lowest BCUT2D eigenvalue weighted by atomic mass is 10.1. The summed E-state index contributed by atoms with van der Waals surface area (Å²) in [5.74, 6) is -1.72. The van der Waals surface area contributed by atoms with Gasteiger partial charge in [-0.2, -0.15) is 0 Å². The molecule has 0 aliphatic rings. The zero-order valence-electron chi connectivity index (χ0n) is 15.2. The number of esters is 1. The highest BCUT2D eigenvalue weighted by molar-refractivity contribution is 6.33. The van der Waals surface area contributed by atoms with E-state index in [2.05, 4.69) is 5.32 Å². The van der Waals surface area contributed by atoms with Crippen molar-refractivity contribution in [3.63, 3.8) is 0 Å². The summed E-state index contributed by atoms with van der Waals surface area (Å²) in [5.41, 5.74) is 0.176. The van der Waals surface area contributed by atoms with Crippen LogP contribution in [0.3, 0.4) is 0 Å². The number of hydrogen-bond donors (Lipinski definition) is 1. The third-order valence-electron chi connectivity index (χ3n) is 3.82. The number of non-ortho nitro benzene ring substituents is 1. The first-order valence-electron chi connectivity index (χ1n) is 8.40. The highest BCUT2D eigenvalue weighted by Gasteiger charge is 2.21. The zero-order chi connectivity index (χ0) is 21.6. The van der Waals surface area contributed by atoms with Crippen molar-refractivity contribution in [3.8, 4) is 0 Å². The van der Waals surface area contributed by atoms with Gasteiger partial charge >= 0.3 is 5.97 Å². The second kappa shape index (κ2) is 9.99. The van der Waals surface area contributed by atoms with E-state index in [-0.39, 0.29) is 35.0 Å². The zero-order valence-corrected chi connectivity index (χ0v) is 16.7. The van der Waals surface area contributed by atoms with E-state index in [1.54, 1.807) is 24.3 Å². The van der Waals surface area contributed by atoms with Gasteiger partial charge in [0.25, 0.3) is 11.6 Å². The van der Waals surface area contributed by atoms with E-state index in [4.69, 9.17) is 27.9 Å². The number of halogens is 2. The van der Waals surface area contributed by atoms with E-state index in [0.29, 0.717) is 10.6 Å². The number of ether oxygens (including phenoxy) is 1. The number of ketones is 1. The Bertz CT molecular complexity index is 946. The van der Waals surface area contributed by atoms with Gasteiger partial charge in [0.1, 0.15) is 0 Å². The quantitative estimate of drug-likeness (QED) is 0.282. The first-order chi connectivity index (χ1) is 13.7. The van der Waals surface area contributed by atoms with Gasteiger partial charge in [-0.05, 0) is 37.3 Å². The number of nitrogens with one attached hydrogen (secondary N) is 1. The molecule has 2 aromatic carbocycles.